The maximum absolute atomic E-state index is 6.14. The Hall–Kier alpha value is -0.830. The molecule has 1 aromatic heterocycles. The molecule has 1 unspecified atom stereocenters. The fourth-order valence-electron chi connectivity index (χ4n) is 2.11. The van der Waals surface area contributed by atoms with Crippen LogP contribution in [-0.4, -0.2) is 9.55 Å². The zero-order valence-corrected chi connectivity index (χ0v) is 8.82. The summed E-state index contributed by atoms with van der Waals surface area (Å²) in [4.78, 5) is 4.34. The smallest absolute Gasteiger partial charge is 0.125 e. The van der Waals surface area contributed by atoms with Crippen molar-refractivity contribution in [1.82, 2.24) is 9.55 Å². The first-order valence-corrected chi connectivity index (χ1v) is 5.58. The summed E-state index contributed by atoms with van der Waals surface area (Å²) < 4.78 is 2.14. The van der Waals surface area contributed by atoms with E-state index in [1.807, 2.05) is 12.4 Å². The van der Waals surface area contributed by atoms with Gasteiger partial charge in [0.1, 0.15) is 5.82 Å². The van der Waals surface area contributed by atoms with Gasteiger partial charge in [0.15, 0.2) is 0 Å². The van der Waals surface area contributed by atoms with Crippen LogP contribution in [0.2, 0.25) is 0 Å². The van der Waals surface area contributed by atoms with Gasteiger partial charge in [0, 0.05) is 18.9 Å². The highest BCUT2D eigenvalue weighted by Gasteiger charge is 2.22. The summed E-state index contributed by atoms with van der Waals surface area (Å²) in [5.41, 5.74) is 6.14. The van der Waals surface area contributed by atoms with Crippen LogP contribution in [-0.2, 0) is 6.54 Å². The molecule has 1 atom stereocenters. The number of rotatable bonds is 4. The lowest BCUT2D eigenvalue weighted by Gasteiger charge is -2.27. The van der Waals surface area contributed by atoms with Crippen LogP contribution >= 0.6 is 0 Å². The summed E-state index contributed by atoms with van der Waals surface area (Å²) in [5, 5.41) is 0. The topological polar surface area (TPSA) is 43.8 Å². The lowest BCUT2D eigenvalue weighted by molar-refractivity contribution is 0.272. The maximum Gasteiger partial charge on any atom is 0.125 e. The van der Waals surface area contributed by atoms with Crippen molar-refractivity contribution in [3.8, 4) is 0 Å². The molecule has 1 aliphatic rings. The third kappa shape index (κ3) is 1.82. The molecule has 3 heteroatoms. The van der Waals surface area contributed by atoms with Gasteiger partial charge in [-0.2, -0.15) is 0 Å². The second-order valence-electron chi connectivity index (χ2n) is 4.21. The third-order valence-corrected chi connectivity index (χ3v) is 3.23. The van der Waals surface area contributed by atoms with Gasteiger partial charge < -0.3 is 10.3 Å². The van der Waals surface area contributed by atoms with E-state index in [1.165, 1.54) is 19.3 Å². The van der Waals surface area contributed by atoms with Crippen molar-refractivity contribution in [3.05, 3.63) is 18.2 Å². The predicted octanol–water partition coefficient (Wildman–Crippen LogP) is 2.09. The van der Waals surface area contributed by atoms with Gasteiger partial charge in [0.25, 0.3) is 0 Å². The normalized spacial score (nSPS) is 19.3. The van der Waals surface area contributed by atoms with Crippen molar-refractivity contribution in [3.63, 3.8) is 0 Å². The Labute approximate surface area is 85.3 Å². The van der Waals surface area contributed by atoms with Crippen LogP contribution in [0.5, 0.6) is 0 Å². The molecule has 78 valence electrons. The first-order valence-electron chi connectivity index (χ1n) is 5.58. The van der Waals surface area contributed by atoms with E-state index in [2.05, 4.69) is 16.5 Å². The predicted molar refractivity (Wildman–Crippen MR) is 56.8 cm³/mol. The number of aryl methyl sites for hydroxylation is 1. The molecule has 0 amide bonds. The molecule has 0 radical (unpaired) electrons. The highest BCUT2D eigenvalue weighted by Crippen LogP contribution is 2.33. The SMILES string of the molecule is CCn1ccnc1C(N)CC1CCC1. The zero-order valence-electron chi connectivity index (χ0n) is 8.82. The quantitative estimate of drug-likeness (QED) is 0.795. The van der Waals surface area contributed by atoms with Crippen LogP contribution in [0.4, 0.5) is 0 Å². The van der Waals surface area contributed by atoms with Crippen LogP contribution < -0.4 is 5.73 Å². The van der Waals surface area contributed by atoms with E-state index in [1.54, 1.807) is 0 Å². The lowest BCUT2D eigenvalue weighted by Crippen LogP contribution is -2.22. The molecule has 1 aromatic rings. The number of hydrogen-bond donors (Lipinski definition) is 1. The van der Waals surface area contributed by atoms with E-state index in [9.17, 15) is 0 Å². The van der Waals surface area contributed by atoms with Gasteiger partial charge in [0.2, 0.25) is 0 Å². The molecule has 0 aliphatic heterocycles. The van der Waals surface area contributed by atoms with Crippen LogP contribution in [0.15, 0.2) is 12.4 Å². The number of imidazole rings is 1. The summed E-state index contributed by atoms with van der Waals surface area (Å²) in [5.74, 6) is 1.91. The summed E-state index contributed by atoms with van der Waals surface area (Å²) in [7, 11) is 0. The van der Waals surface area contributed by atoms with E-state index in [-0.39, 0.29) is 6.04 Å². The van der Waals surface area contributed by atoms with E-state index in [4.69, 9.17) is 5.73 Å². The summed E-state index contributed by atoms with van der Waals surface area (Å²) >= 11 is 0. The molecule has 14 heavy (non-hydrogen) atoms. The van der Waals surface area contributed by atoms with Gasteiger partial charge in [-0.25, -0.2) is 4.98 Å². The van der Waals surface area contributed by atoms with E-state index in [0.717, 1.165) is 24.7 Å². The Morgan fingerprint density at radius 3 is 3.00 bits per heavy atom. The van der Waals surface area contributed by atoms with Gasteiger partial charge in [-0.05, 0) is 19.3 Å². The standard InChI is InChI=1S/C11H19N3/c1-2-14-7-6-13-11(14)10(12)8-9-4-3-5-9/h6-7,9-10H,2-5,8,12H2,1H3. The molecule has 0 saturated heterocycles. The molecular weight excluding hydrogens is 174 g/mol. The van der Waals surface area contributed by atoms with E-state index >= 15 is 0 Å². The van der Waals surface area contributed by atoms with Crippen LogP contribution in [0.1, 0.15) is 44.5 Å². The highest BCUT2D eigenvalue weighted by molar-refractivity contribution is 4.99. The van der Waals surface area contributed by atoms with Crippen LogP contribution in [0.3, 0.4) is 0 Å². The molecule has 1 heterocycles. The zero-order chi connectivity index (χ0) is 9.97. The molecule has 1 aliphatic carbocycles. The lowest BCUT2D eigenvalue weighted by atomic mass is 9.81. The molecule has 2 N–H and O–H groups in total. The van der Waals surface area contributed by atoms with Gasteiger partial charge in [0.05, 0.1) is 6.04 Å². The molecular formula is C11H19N3. The molecule has 3 nitrogen and oxygen atoms in total. The van der Waals surface area contributed by atoms with Crippen LogP contribution in [0, 0.1) is 5.92 Å². The molecule has 2 rings (SSSR count). The van der Waals surface area contributed by atoms with Gasteiger partial charge in [-0.3, -0.25) is 0 Å². The van der Waals surface area contributed by atoms with Gasteiger partial charge >= 0.3 is 0 Å². The molecule has 0 spiro atoms. The Morgan fingerprint density at radius 1 is 1.64 bits per heavy atom. The van der Waals surface area contributed by atoms with Gasteiger partial charge in [-0.15, -0.1) is 0 Å². The van der Waals surface area contributed by atoms with E-state index in [0.29, 0.717) is 0 Å². The largest absolute Gasteiger partial charge is 0.334 e. The van der Waals surface area contributed by atoms with Gasteiger partial charge in [-0.1, -0.05) is 19.3 Å². The van der Waals surface area contributed by atoms with Crippen molar-refractivity contribution < 1.29 is 0 Å². The van der Waals surface area contributed by atoms with Crippen molar-refractivity contribution in [2.75, 3.05) is 0 Å². The number of nitrogens with zero attached hydrogens (tertiary/aromatic N) is 2. The van der Waals surface area contributed by atoms with Crippen molar-refractivity contribution in [1.29, 1.82) is 0 Å². The monoisotopic (exact) mass is 193 g/mol. The van der Waals surface area contributed by atoms with Crippen molar-refractivity contribution in [2.45, 2.75) is 45.2 Å². The first kappa shape index (κ1) is 9.71. The Morgan fingerprint density at radius 2 is 2.43 bits per heavy atom. The van der Waals surface area contributed by atoms with E-state index < -0.39 is 0 Å². The molecule has 1 fully saturated rings. The number of aromatic nitrogens is 2. The first-order chi connectivity index (χ1) is 6.81. The maximum atomic E-state index is 6.14. The Bertz CT molecular complexity index is 288. The fraction of sp³-hybridized carbons (Fsp3) is 0.727. The minimum atomic E-state index is 0.134. The van der Waals surface area contributed by atoms with Crippen LogP contribution in [0.25, 0.3) is 0 Å². The molecule has 1 saturated carbocycles. The summed E-state index contributed by atoms with van der Waals surface area (Å²) in [6, 6.07) is 0.134. The fourth-order valence-corrected chi connectivity index (χ4v) is 2.11. The second-order valence-corrected chi connectivity index (χ2v) is 4.21. The number of nitrogens with two attached hydrogens (primary N) is 1. The average molecular weight is 193 g/mol. The van der Waals surface area contributed by atoms with Crippen molar-refractivity contribution >= 4 is 0 Å². The Kier molecular flexibility index (Phi) is 2.87. The highest BCUT2D eigenvalue weighted by atomic mass is 15.1. The molecule has 0 bridgehead atoms. The average Bonchev–Trinajstić information content (AvgIpc) is 2.58. The molecule has 0 aromatic carbocycles. The second kappa shape index (κ2) is 4.13. The Balaban J connectivity index is 1.98. The summed E-state index contributed by atoms with van der Waals surface area (Å²) in [6.45, 7) is 3.09. The number of hydrogen-bond acceptors (Lipinski definition) is 2. The third-order valence-electron chi connectivity index (χ3n) is 3.23. The minimum Gasteiger partial charge on any atom is -0.334 e. The summed E-state index contributed by atoms with van der Waals surface area (Å²) in [6.07, 6.45) is 9.08. The van der Waals surface area contributed by atoms with Crippen molar-refractivity contribution in [2.24, 2.45) is 11.7 Å². The minimum absolute atomic E-state index is 0.134.